The lowest BCUT2D eigenvalue weighted by atomic mass is 10.1. The summed E-state index contributed by atoms with van der Waals surface area (Å²) in [4.78, 5) is 27.5. The monoisotopic (exact) mass is 382 g/mol. The number of rotatable bonds is 5. The predicted molar refractivity (Wildman–Crippen MR) is 105 cm³/mol. The molecule has 146 valence electrons. The molecule has 0 fully saturated rings. The van der Waals surface area contributed by atoms with Gasteiger partial charge in [0.25, 0.3) is 11.8 Å². The number of amidine groups is 1. The number of hydrogen-bond acceptors (Lipinski definition) is 7. The highest BCUT2D eigenvalue weighted by Crippen LogP contribution is 2.31. The minimum absolute atomic E-state index is 0.139. The first-order valence-electron chi connectivity index (χ1n) is 8.61. The molecular formula is C20H22N4O4. The SMILES string of the molecule is C/N=C(\C=C(/C)OC)N1Cc2nc(-c3cnc(OC)c(OC)c3)ccc2C1=O. The van der Waals surface area contributed by atoms with Crippen LogP contribution in [0.15, 0.2) is 41.2 Å². The van der Waals surface area contributed by atoms with E-state index in [1.165, 1.54) is 7.11 Å². The van der Waals surface area contributed by atoms with Crippen molar-refractivity contribution < 1.29 is 19.0 Å². The first-order valence-corrected chi connectivity index (χ1v) is 8.61. The average Bonchev–Trinajstić information content (AvgIpc) is 3.06. The number of allylic oxidation sites excluding steroid dienone is 1. The fraction of sp³-hybridized carbons (Fsp3) is 0.300. The van der Waals surface area contributed by atoms with Gasteiger partial charge in [0, 0.05) is 24.9 Å². The third-order valence-electron chi connectivity index (χ3n) is 4.44. The van der Waals surface area contributed by atoms with Crippen LogP contribution < -0.4 is 9.47 Å². The largest absolute Gasteiger partial charge is 0.501 e. The maximum atomic E-state index is 12.8. The summed E-state index contributed by atoms with van der Waals surface area (Å²) in [5.41, 5.74) is 2.70. The van der Waals surface area contributed by atoms with Gasteiger partial charge in [0.05, 0.1) is 50.6 Å². The zero-order chi connectivity index (χ0) is 20.3. The van der Waals surface area contributed by atoms with Crippen LogP contribution in [-0.2, 0) is 11.3 Å². The van der Waals surface area contributed by atoms with Gasteiger partial charge in [-0.2, -0.15) is 0 Å². The molecular weight excluding hydrogens is 360 g/mol. The Bertz CT molecular complexity index is 969. The molecule has 0 unspecified atom stereocenters. The summed E-state index contributed by atoms with van der Waals surface area (Å²) in [5, 5.41) is 0. The summed E-state index contributed by atoms with van der Waals surface area (Å²) in [6, 6.07) is 5.37. The Morgan fingerprint density at radius 1 is 1.25 bits per heavy atom. The van der Waals surface area contributed by atoms with Gasteiger partial charge in [0.2, 0.25) is 0 Å². The molecule has 0 bridgehead atoms. The Hall–Kier alpha value is -3.42. The molecule has 2 aromatic rings. The van der Waals surface area contributed by atoms with Gasteiger partial charge in [-0.3, -0.25) is 19.7 Å². The number of nitrogens with zero attached hydrogens (tertiary/aromatic N) is 4. The van der Waals surface area contributed by atoms with Crippen LogP contribution in [0.3, 0.4) is 0 Å². The molecule has 0 spiro atoms. The third-order valence-corrected chi connectivity index (χ3v) is 4.44. The standard InChI is InChI=1S/C20H22N4O4/c1-12(26-3)8-18(21-2)24-11-16-14(20(24)25)6-7-15(23-16)13-9-17(27-4)19(28-5)22-10-13/h6-10H,11H2,1-5H3/b12-8+,21-18+. The molecule has 3 heterocycles. The van der Waals surface area contributed by atoms with E-state index in [0.29, 0.717) is 46.7 Å². The zero-order valence-electron chi connectivity index (χ0n) is 16.5. The average molecular weight is 382 g/mol. The highest BCUT2D eigenvalue weighted by atomic mass is 16.5. The van der Waals surface area contributed by atoms with Crippen molar-refractivity contribution in [3.63, 3.8) is 0 Å². The molecule has 1 amide bonds. The minimum Gasteiger partial charge on any atom is -0.501 e. The van der Waals surface area contributed by atoms with E-state index in [1.54, 1.807) is 63.6 Å². The van der Waals surface area contributed by atoms with Crippen LogP contribution in [0.1, 0.15) is 23.0 Å². The van der Waals surface area contributed by atoms with E-state index in [1.807, 2.05) is 0 Å². The number of pyridine rings is 2. The molecule has 1 aliphatic heterocycles. The molecule has 0 radical (unpaired) electrons. The van der Waals surface area contributed by atoms with Gasteiger partial charge in [-0.25, -0.2) is 4.98 Å². The van der Waals surface area contributed by atoms with Crippen LogP contribution in [0.2, 0.25) is 0 Å². The van der Waals surface area contributed by atoms with Gasteiger partial charge in [-0.05, 0) is 25.1 Å². The maximum absolute atomic E-state index is 12.8. The van der Waals surface area contributed by atoms with E-state index in [2.05, 4.69) is 15.0 Å². The molecule has 2 aromatic heterocycles. The van der Waals surface area contributed by atoms with E-state index in [4.69, 9.17) is 14.2 Å². The summed E-state index contributed by atoms with van der Waals surface area (Å²) in [7, 11) is 6.30. The van der Waals surface area contributed by atoms with Gasteiger partial charge in [0.15, 0.2) is 5.75 Å². The smallest absolute Gasteiger partial charge is 0.261 e. The normalized spacial score (nSPS) is 14.2. The van der Waals surface area contributed by atoms with E-state index in [9.17, 15) is 4.79 Å². The number of amides is 1. The zero-order valence-corrected chi connectivity index (χ0v) is 16.5. The van der Waals surface area contributed by atoms with Crippen molar-refractivity contribution >= 4 is 11.7 Å². The van der Waals surface area contributed by atoms with Gasteiger partial charge in [-0.1, -0.05) is 0 Å². The summed E-state index contributed by atoms with van der Waals surface area (Å²) in [6.45, 7) is 2.14. The first-order chi connectivity index (χ1) is 13.5. The Morgan fingerprint density at radius 3 is 2.68 bits per heavy atom. The van der Waals surface area contributed by atoms with E-state index < -0.39 is 0 Å². The van der Waals surface area contributed by atoms with Crippen LogP contribution in [0.5, 0.6) is 11.6 Å². The van der Waals surface area contributed by atoms with Crippen molar-refractivity contribution in [2.45, 2.75) is 13.5 Å². The Labute approximate surface area is 163 Å². The fourth-order valence-corrected chi connectivity index (χ4v) is 2.90. The third kappa shape index (κ3) is 3.53. The molecule has 0 aromatic carbocycles. The van der Waals surface area contributed by atoms with Crippen LogP contribution in [0, 0.1) is 0 Å². The number of fused-ring (bicyclic) bond motifs is 1. The number of hydrogen-bond donors (Lipinski definition) is 0. The van der Waals surface area contributed by atoms with E-state index >= 15 is 0 Å². The van der Waals surface area contributed by atoms with Gasteiger partial charge >= 0.3 is 0 Å². The molecule has 1 aliphatic rings. The summed E-state index contributed by atoms with van der Waals surface area (Å²) in [5.74, 6) is 1.96. The molecule has 8 heteroatoms. The number of aliphatic imine (C=N–C) groups is 1. The van der Waals surface area contributed by atoms with Crippen molar-refractivity contribution in [2.24, 2.45) is 4.99 Å². The van der Waals surface area contributed by atoms with Crippen LogP contribution in [0.25, 0.3) is 11.3 Å². The van der Waals surface area contributed by atoms with Gasteiger partial charge in [-0.15, -0.1) is 0 Å². The van der Waals surface area contributed by atoms with Gasteiger partial charge in [0.1, 0.15) is 5.84 Å². The van der Waals surface area contributed by atoms with E-state index in [-0.39, 0.29) is 5.91 Å². The lowest BCUT2D eigenvalue weighted by molar-refractivity contribution is 0.0866. The number of carbonyl (C=O) groups is 1. The highest BCUT2D eigenvalue weighted by Gasteiger charge is 2.31. The van der Waals surface area contributed by atoms with Crippen molar-refractivity contribution in [3.8, 4) is 22.9 Å². The molecule has 0 saturated heterocycles. The summed E-state index contributed by atoms with van der Waals surface area (Å²) < 4.78 is 15.6. The van der Waals surface area contributed by atoms with Crippen LogP contribution in [0.4, 0.5) is 0 Å². The van der Waals surface area contributed by atoms with Crippen molar-refractivity contribution in [1.82, 2.24) is 14.9 Å². The lowest BCUT2D eigenvalue weighted by Gasteiger charge is -2.15. The Morgan fingerprint density at radius 2 is 2.04 bits per heavy atom. The molecule has 8 nitrogen and oxygen atoms in total. The predicted octanol–water partition coefficient (Wildman–Crippen LogP) is 2.70. The number of aromatic nitrogens is 2. The molecule has 28 heavy (non-hydrogen) atoms. The summed E-state index contributed by atoms with van der Waals surface area (Å²) in [6.07, 6.45) is 3.39. The van der Waals surface area contributed by atoms with Crippen LogP contribution in [-0.4, -0.2) is 55.0 Å². The van der Waals surface area contributed by atoms with Crippen molar-refractivity contribution in [3.05, 3.63) is 47.5 Å². The fourth-order valence-electron chi connectivity index (χ4n) is 2.90. The van der Waals surface area contributed by atoms with Crippen LogP contribution >= 0.6 is 0 Å². The molecule has 0 aliphatic carbocycles. The molecule has 0 atom stereocenters. The second kappa shape index (κ2) is 8.08. The summed E-state index contributed by atoms with van der Waals surface area (Å²) >= 11 is 0. The van der Waals surface area contributed by atoms with Crippen molar-refractivity contribution in [2.75, 3.05) is 28.4 Å². The Balaban J connectivity index is 1.94. The minimum atomic E-state index is -0.139. The molecule has 0 N–H and O–H groups in total. The maximum Gasteiger partial charge on any atom is 0.261 e. The topological polar surface area (TPSA) is 86.1 Å². The molecule has 3 rings (SSSR count). The second-order valence-corrected chi connectivity index (χ2v) is 6.06. The number of methoxy groups -OCH3 is 3. The number of ether oxygens (including phenoxy) is 3. The lowest BCUT2D eigenvalue weighted by Crippen LogP contribution is -2.30. The quantitative estimate of drug-likeness (QED) is 0.449. The first kappa shape index (κ1) is 19.3. The highest BCUT2D eigenvalue weighted by molar-refractivity contribution is 6.12. The van der Waals surface area contributed by atoms with Crippen molar-refractivity contribution in [1.29, 1.82) is 0 Å². The van der Waals surface area contributed by atoms with E-state index in [0.717, 1.165) is 5.56 Å². The van der Waals surface area contributed by atoms with Gasteiger partial charge < -0.3 is 14.2 Å². The second-order valence-electron chi connectivity index (χ2n) is 6.06. The number of carbonyl (C=O) groups excluding carboxylic acids is 1. The Kier molecular flexibility index (Phi) is 5.58. The molecule has 0 saturated carbocycles.